The van der Waals surface area contributed by atoms with Crippen LogP contribution in [0.25, 0.3) is 0 Å². The van der Waals surface area contributed by atoms with Crippen LogP contribution in [-0.2, 0) is 11.3 Å². The second-order valence-corrected chi connectivity index (χ2v) is 3.21. The minimum absolute atomic E-state index is 0.0881. The van der Waals surface area contributed by atoms with Crippen molar-refractivity contribution in [3.8, 4) is 0 Å². The van der Waals surface area contributed by atoms with Crippen molar-refractivity contribution in [1.29, 1.82) is 0 Å². The quantitative estimate of drug-likeness (QED) is 0.626. The van der Waals surface area contributed by atoms with Crippen molar-refractivity contribution in [2.75, 3.05) is 5.32 Å². The fourth-order valence-electron chi connectivity index (χ4n) is 1.03. The smallest absolute Gasteiger partial charge is 0.221 e. The molecule has 0 radical (unpaired) electrons. The average molecular weight is 196 g/mol. The Morgan fingerprint density at radius 3 is 2.85 bits per heavy atom. The third-order valence-electron chi connectivity index (χ3n) is 1.62. The summed E-state index contributed by atoms with van der Waals surface area (Å²) in [6, 6.07) is 5.43. The normalized spacial score (nSPS) is 9.77. The fourth-order valence-corrected chi connectivity index (χ4v) is 1.26. The minimum Gasteiger partial charge on any atom is -0.326 e. The Balaban J connectivity index is 2.92. The van der Waals surface area contributed by atoms with E-state index >= 15 is 0 Å². The third kappa shape index (κ3) is 2.75. The molecule has 0 aliphatic heterocycles. The number of thiol groups is 1. The molecule has 1 rings (SSSR count). The first kappa shape index (κ1) is 10.1. The summed E-state index contributed by atoms with van der Waals surface area (Å²) in [5.74, 6) is -0.0881. The highest BCUT2D eigenvalue weighted by Gasteiger charge is 2.00. The zero-order chi connectivity index (χ0) is 9.84. The van der Waals surface area contributed by atoms with E-state index in [0.717, 1.165) is 16.1 Å². The number of carbonyl (C=O) groups excluding carboxylic acids is 1. The molecule has 0 atom stereocenters. The second-order valence-electron chi connectivity index (χ2n) is 2.73. The number of rotatable bonds is 2. The van der Waals surface area contributed by atoms with Gasteiger partial charge < -0.3 is 11.1 Å². The summed E-state index contributed by atoms with van der Waals surface area (Å²) in [6.45, 7) is 1.89. The van der Waals surface area contributed by atoms with Crippen molar-refractivity contribution in [3.63, 3.8) is 0 Å². The van der Waals surface area contributed by atoms with E-state index in [4.69, 9.17) is 5.73 Å². The summed E-state index contributed by atoms with van der Waals surface area (Å²) >= 11 is 4.22. The average Bonchev–Trinajstić information content (AvgIpc) is 2.07. The second kappa shape index (κ2) is 4.30. The fraction of sp³-hybridized carbons (Fsp3) is 0.222. The molecular formula is C9H12N2OS. The molecule has 0 unspecified atom stereocenters. The molecule has 0 heterocycles. The van der Waals surface area contributed by atoms with Gasteiger partial charge in [-0.3, -0.25) is 4.79 Å². The highest BCUT2D eigenvalue weighted by atomic mass is 32.1. The molecule has 0 aromatic heterocycles. The molecule has 13 heavy (non-hydrogen) atoms. The standard InChI is InChI=1S/C9H12N2OS/c1-6(12)11-8-2-3-9(13)7(4-8)5-10/h2-4,13H,5,10H2,1H3,(H,11,12). The van der Waals surface area contributed by atoms with Crippen LogP contribution in [-0.4, -0.2) is 5.91 Å². The number of anilines is 1. The lowest BCUT2D eigenvalue weighted by molar-refractivity contribution is -0.114. The lowest BCUT2D eigenvalue weighted by Crippen LogP contribution is -2.07. The maximum atomic E-state index is 10.7. The molecule has 0 saturated carbocycles. The predicted molar refractivity (Wildman–Crippen MR) is 55.9 cm³/mol. The van der Waals surface area contributed by atoms with Crippen LogP contribution in [0.5, 0.6) is 0 Å². The van der Waals surface area contributed by atoms with E-state index in [2.05, 4.69) is 17.9 Å². The first-order valence-corrected chi connectivity index (χ1v) is 4.37. The van der Waals surface area contributed by atoms with Gasteiger partial charge >= 0.3 is 0 Å². The Morgan fingerprint density at radius 2 is 2.31 bits per heavy atom. The van der Waals surface area contributed by atoms with E-state index in [1.54, 1.807) is 6.07 Å². The van der Waals surface area contributed by atoms with Crippen LogP contribution in [0.1, 0.15) is 12.5 Å². The maximum absolute atomic E-state index is 10.7. The summed E-state index contributed by atoms with van der Waals surface area (Å²) in [7, 11) is 0. The summed E-state index contributed by atoms with van der Waals surface area (Å²) in [4.78, 5) is 11.6. The topological polar surface area (TPSA) is 55.1 Å². The molecule has 0 spiro atoms. The van der Waals surface area contributed by atoms with Gasteiger partial charge in [-0.1, -0.05) is 0 Å². The van der Waals surface area contributed by atoms with Crippen LogP contribution in [0.3, 0.4) is 0 Å². The summed E-state index contributed by atoms with van der Waals surface area (Å²) in [6.07, 6.45) is 0. The third-order valence-corrected chi connectivity index (χ3v) is 2.06. The van der Waals surface area contributed by atoms with Crippen LogP contribution in [0.2, 0.25) is 0 Å². The number of carbonyl (C=O) groups is 1. The molecule has 3 N–H and O–H groups in total. The largest absolute Gasteiger partial charge is 0.326 e. The van der Waals surface area contributed by atoms with Crippen LogP contribution >= 0.6 is 12.6 Å². The maximum Gasteiger partial charge on any atom is 0.221 e. The molecule has 70 valence electrons. The van der Waals surface area contributed by atoms with Gasteiger partial charge in [0.15, 0.2) is 0 Å². The molecular weight excluding hydrogens is 184 g/mol. The first-order chi connectivity index (χ1) is 6.13. The van der Waals surface area contributed by atoms with Crippen LogP contribution < -0.4 is 11.1 Å². The van der Waals surface area contributed by atoms with Gasteiger partial charge in [0.05, 0.1) is 0 Å². The summed E-state index contributed by atoms with van der Waals surface area (Å²) in [5.41, 5.74) is 7.17. The Hall–Kier alpha value is -1.00. The van der Waals surface area contributed by atoms with Crippen molar-refractivity contribution < 1.29 is 4.79 Å². The minimum atomic E-state index is -0.0881. The Morgan fingerprint density at radius 1 is 1.62 bits per heavy atom. The van der Waals surface area contributed by atoms with E-state index in [9.17, 15) is 4.79 Å². The zero-order valence-corrected chi connectivity index (χ0v) is 8.27. The molecule has 1 amide bonds. The van der Waals surface area contributed by atoms with Crippen LogP contribution in [0.15, 0.2) is 23.1 Å². The van der Waals surface area contributed by atoms with Gasteiger partial charge in [0.2, 0.25) is 5.91 Å². The first-order valence-electron chi connectivity index (χ1n) is 3.93. The molecule has 0 fully saturated rings. The number of benzene rings is 1. The van der Waals surface area contributed by atoms with Gasteiger partial charge in [-0.25, -0.2) is 0 Å². The van der Waals surface area contributed by atoms with Gasteiger partial charge in [-0.05, 0) is 23.8 Å². The zero-order valence-electron chi connectivity index (χ0n) is 7.37. The summed E-state index contributed by atoms with van der Waals surface area (Å²) < 4.78 is 0. The van der Waals surface area contributed by atoms with Gasteiger partial charge in [-0.15, -0.1) is 12.6 Å². The van der Waals surface area contributed by atoms with Crippen molar-refractivity contribution in [2.24, 2.45) is 5.73 Å². The van der Waals surface area contributed by atoms with Gasteiger partial charge in [0.25, 0.3) is 0 Å². The van der Waals surface area contributed by atoms with E-state index in [0.29, 0.717) is 6.54 Å². The number of nitrogens with one attached hydrogen (secondary N) is 1. The molecule has 0 bridgehead atoms. The van der Waals surface area contributed by atoms with Gasteiger partial charge in [0, 0.05) is 24.1 Å². The molecule has 1 aromatic rings. The van der Waals surface area contributed by atoms with Crippen LogP contribution in [0, 0.1) is 0 Å². The summed E-state index contributed by atoms with van der Waals surface area (Å²) in [5, 5.41) is 2.68. The Labute approximate surface area is 82.7 Å². The van der Waals surface area contributed by atoms with Crippen molar-refractivity contribution >= 4 is 24.2 Å². The molecule has 3 nitrogen and oxygen atoms in total. The van der Waals surface area contributed by atoms with E-state index < -0.39 is 0 Å². The monoisotopic (exact) mass is 196 g/mol. The SMILES string of the molecule is CC(=O)Nc1ccc(S)c(CN)c1. The highest BCUT2D eigenvalue weighted by Crippen LogP contribution is 2.18. The molecule has 1 aromatic carbocycles. The Bertz CT molecular complexity index is 325. The van der Waals surface area contributed by atoms with Gasteiger partial charge in [-0.2, -0.15) is 0 Å². The van der Waals surface area contributed by atoms with Crippen molar-refractivity contribution in [1.82, 2.24) is 0 Å². The number of hydrogen-bond acceptors (Lipinski definition) is 3. The molecule has 0 saturated heterocycles. The van der Waals surface area contributed by atoms with Crippen molar-refractivity contribution in [3.05, 3.63) is 23.8 Å². The predicted octanol–water partition coefficient (Wildman–Crippen LogP) is 1.39. The lowest BCUT2D eigenvalue weighted by atomic mass is 10.2. The Kier molecular flexibility index (Phi) is 3.33. The van der Waals surface area contributed by atoms with E-state index in [-0.39, 0.29) is 5.91 Å². The number of hydrogen-bond donors (Lipinski definition) is 3. The number of amides is 1. The van der Waals surface area contributed by atoms with E-state index in [1.165, 1.54) is 6.92 Å². The van der Waals surface area contributed by atoms with Crippen molar-refractivity contribution in [2.45, 2.75) is 18.4 Å². The van der Waals surface area contributed by atoms with E-state index in [1.807, 2.05) is 12.1 Å². The lowest BCUT2D eigenvalue weighted by Gasteiger charge is -2.06. The molecule has 0 aliphatic rings. The highest BCUT2D eigenvalue weighted by molar-refractivity contribution is 7.80. The number of nitrogens with two attached hydrogens (primary N) is 1. The van der Waals surface area contributed by atoms with Crippen LogP contribution in [0.4, 0.5) is 5.69 Å². The molecule has 4 heteroatoms. The van der Waals surface area contributed by atoms with Gasteiger partial charge in [0.1, 0.15) is 0 Å². The molecule has 0 aliphatic carbocycles.